The molecule has 1 aromatic heterocycles. The van der Waals surface area contributed by atoms with Crippen LogP contribution in [0.25, 0.3) is 0 Å². The number of aromatic nitrogens is 2. The zero-order valence-corrected chi connectivity index (χ0v) is 20.1. The van der Waals surface area contributed by atoms with Crippen LogP contribution in [0.15, 0.2) is 17.2 Å². The molecular weight excluding hydrogens is 440 g/mol. The predicted octanol–water partition coefficient (Wildman–Crippen LogP) is 3.15. The van der Waals surface area contributed by atoms with Gasteiger partial charge in [0.1, 0.15) is 5.56 Å². The van der Waals surface area contributed by atoms with Crippen LogP contribution in [0.5, 0.6) is 5.88 Å². The molecule has 1 atom stereocenters. The first-order valence-electron chi connectivity index (χ1n) is 10.3. The van der Waals surface area contributed by atoms with Gasteiger partial charge in [-0.15, -0.1) is 0 Å². The molecular formula is C21H28N2O6S2. The number of sulfone groups is 1. The van der Waals surface area contributed by atoms with Crippen LogP contribution in [0, 0.1) is 13.8 Å². The van der Waals surface area contributed by atoms with Crippen LogP contribution in [0.2, 0.25) is 0 Å². The molecule has 0 aliphatic carbocycles. The highest BCUT2D eigenvalue weighted by Gasteiger charge is 2.34. The fourth-order valence-corrected chi connectivity index (χ4v) is 7.25. The van der Waals surface area contributed by atoms with E-state index in [0.717, 1.165) is 0 Å². The summed E-state index contributed by atoms with van der Waals surface area (Å²) in [6.07, 6.45) is 2.17. The minimum atomic E-state index is -3.87. The zero-order valence-electron chi connectivity index (χ0n) is 18.4. The molecule has 1 aliphatic rings. The minimum absolute atomic E-state index is 0.0102. The number of ketones is 1. The Morgan fingerprint density at radius 3 is 2.55 bits per heavy atom. The topological polar surface area (TPSA) is 112 Å². The number of carbonyl (C=O) groups excluding carboxylic acids is 1. The molecule has 0 saturated heterocycles. The molecule has 2 aromatic rings. The fraction of sp³-hybridized carbons (Fsp3) is 0.524. The van der Waals surface area contributed by atoms with Crippen LogP contribution in [0.4, 0.5) is 0 Å². The van der Waals surface area contributed by atoms with Crippen molar-refractivity contribution >= 4 is 25.7 Å². The molecule has 8 nitrogen and oxygen atoms in total. The lowest BCUT2D eigenvalue weighted by atomic mass is 9.87. The average molecular weight is 469 g/mol. The highest BCUT2D eigenvalue weighted by molar-refractivity contribution is 7.91. The van der Waals surface area contributed by atoms with Crippen LogP contribution in [-0.4, -0.2) is 43.9 Å². The molecule has 31 heavy (non-hydrogen) atoms. The molecule has 0 amide bonds. The van der Waals surface area contributed by atoms with E-state index in [4.69, 9.17) is 4.18 Å². The summed E-state index contributed by atoms with van der Waals surface area (Å²) < 4.78 is 56.5. The number of fused-ring (bicyclic) bond motifs is 1. The van der Waals surface area contributed by atoms with E-state index in [1.165, 1.54) is 10.9 Å². The van der Waals surface area contributed by atoms with Crippen molar-refractivity contribution in [1.82, 2.24) is 9.78 Å². The maximum Gasteiger partial charge on any atom is 0.310 e. The van der Waals surface area contributed by atoms with Crippen LogP contribution < -0.4 is 4.18 Å². The molecule has 3 rings (SSSR count). The van der Waals surface area contributed by atoms with Crippen molar-refractivity contribution in [2.45, 2.75) is 64.8 Å². The number of nitrogens with zero attached hydrogens (tertiary/aromatic N) is 2. The van der Waals surface area contributed by atoms with Gasteiger partial charge in [-0.3, -0.25) is 4.79 Å². The first-order valence-corrected chi connectivity index (χ1v) is 13.6. The SMILES string of the molecule is CCCS(=O)(=O)Oc1c(C(=O)c2cc(C)c3c(c2C)C(C)CCS3(=O)=O)cnn1CC. The van der Waals surface area contributed by atoms with Gasteiger partial charge in [-0.2, -0.15) is 13.5 Å². The van der Waals surface area contributed by atoms with Gasteiger partial charge in [0, 0.05) is 12.1 Å². The van der Waals surface area contributed by atoms with Crippen LogP contribution in [0.1, 0.15) is 72.1 Å². The lowest BCUT2D eigenvalue weighted by Gasteiger charge is -2.27. The van der Waals surface area contributed by atoms with Gasteiger partial charge in [0.2, 0.25) is 5.88 Å². The van der Waals surface area contributed by atoms with E-state index in [0.29, 0.717) is 46.5 Å². The second-order valence-corrected chi connectivity index (χ2v) is 11.7. The molecule has 0 saturated carbocycles. The van der Waals surface area contributed by atoms with E-state index in [-0.39, 0.29) is 28.9 Å². The molecule has 1 aromatic carbocycles. The van der Waals surface area contributed by atoms with E-state index in [1.54, 1.807) is 33.8 Å². The normalized spacial score (nSPS) is 17.9. The Labute approximate surface area is 183 Å². The molecule has 10 heteroatoms. The van der Waals surface area contributed by atoms with Crippen molar-refractivity contribution in [2.24, 2.45) is 0 Å². The van der Waals surface area contributed by atoms with Gasteiger partial charge in [0.25, 0.3) is 0 Å². The van der Waals surface area contributed by atoms with Crippen molar-refractivity contribution in [3.63, 3.8) is 0 Å². The largest absolute Gasteiger partial charge is 0.361 e. The average Bonchev–Trinajstić information content (AvgIpc) is 3.07. The van der Waals surface area contributed by atoms with E-state index >= 15 is 0 Å². The van der Waals surface area contributed by atoms with Gasteiger partial charge in [-0.25, -0.2) is 13.1 Å². The van der Waals surface area contributed by atoms with Crippen LogP contribution in [-0.2, 0) is 26.5 Å². The predicted molar refractivity (Wildman–Crippen MR) is 117 cm³/mol. The number of hydrogen-bond acceptors (Lipinski definition) is 7. The summed E-state index contributed by atoms with van der Waals surface area (Å²) >= 11 is 0. The van der Waals surface area contributed by atoms with Gasteiger partial charge in [-0.1, -0.05) is 13.8 Å². The summed E-state index contributed by atoms with van der Waals surface area (Å²) in [4.78, 5) is 13.8. The number of aryl methyl sites for hydroxylation is 2. The first kappa shape index (κ1) is 23.5. The Bertz CT molecular complexity index is 1240. The molecule has 0 spiro atoms. The van der Waals surface area contributed by atoms with E-state index in [2.05, 4.69) is 5.10 Å². The highest BCUT2D eigenvalue weighted by Crippen LogP contribution is 2.40. The quantitative estimate of drug-likeness (QED) is 0.453. The molecule has 0 bridgehead atoms. The summed E-state index contributed by atoms with van der Waals surface area (Å²) in [6, 6.07) is 1.57. The lowest BCUT2D eigenvalue weighted by Crippen LogP contribution is -2.23. The molecule has 1 aliphatic heterocycles. The van der Waals surface area contributed by atoms with Gasteiger partial charge in [0.05, 0.1) is 22.6 Å². The second kappa shape index (κ2) is 8.38. The maximum atomic E-state index is 13.5. The first-order chi connectivity index (χ1) is 14.4. The molecule has 0 N–H and O–H groups in total. The van der Waals surface area contributed by atoms with Crippen LogP contribution >= 0.6 is 0 Å². The molecule has 0 radical (unpaired) electrons. The Balaban J connectivity index is 2.17. The van der Waals surface area contributed by atoms with Gasteiger partial charge in [0.15, 0.2) is 15.6 Å². The summed E-state index contributed by atoms with van der Waals surface area (Å²) in [5.41, 5.74) is 2.13. The summed E-state index contributed by atoms with van der Waals surface area (Å²) in [5, 5.41) is 4.11. The van der Waals surface area contributed by atoms with Crippen molar-refractivity contribution < 1.29 is 25.8 Å². The summed E-state index contributed by atoms with van der Waals surface area (Å²) in [6.45, 7) is 9.18. The standard InChI is InChI=1S/C21H28N2O6S2/c1-6-9-31(27,28)29-21-17(12-22-23(21)7-2)19(24)16-11-14(4)20-18(15(16)5)13(3)8-10-30(20,25)26/h11-13H,6-10H2,1-5H3. The van der Waals surface area contributed by atoms with E-state index in [1.807, 2.05) is 6.92 Å². The van der Waals surface area contributed by atoms with Gasteiger partial charge < -0.3 is 4.18 Å². The molecule has 0 fully saturated rings. The van der Waals surface area contributed by atoms with Crippen LogP contribution in [0.3, 0.4) is 0 Å². The monoisotopic (exact) mass is 468 g/mol. The lowest BCUT2D eigenvalue weighted by molar-refractivity contribution is 0.103. The zero-order chi connectivity index (χ0) is 23.1. The Kier molecular flexibility index (Phi) is 6.35. The van der Waals surface area contributed by atoms with Gasteiger partial charge in [-0.05, 0) is 62.3 Å². The maximum absolute atomic E-state index is 13.5. The summed E-state index contributed by atoms with van der Waals surface area (Å²) in [5.74, 6) is -0.659. The third kappa shape index (κ3) is 4.27. The van der Waals surface area contributed by atoms with Crippen molar-refractivity contribution in [2.75, 3.05) is 11.5 Å². The third-order valence-corrected chi connectivity index (χ3v) is 8.89. The highest BCUT2D eigenvalue weighted by atomic mass is 32.2. The molecule has 2 heterocycles. The van der Waals surface area contributed by atoms with E-state index in [9.17, 15) is 21.6 Å². The second-order valence-electron chi connectivity index (χ2n) is 7.97. The molecule has 170 valence electrons. The number of rotatable bonds is 7. The Morgan fingerprint density at radius 1 is 1.26 bits per heavy atom. The third-order valence-electron chi connectivity index (χ3n) is 5.63. The van der Waals surface area contributed by atoms with Crippen molar-refractivity contribution in [3.05, 3.63) is 40.1 Å². The van der Waals surface area contributed by atoms with Crippen molar-refractivity contribution in [3.8, 4) is 5.88 Å². The molecule has 1 unspecified atom stereocenters. The van der Waals surface area contributed by atoms with Gasteiger partial charge >= 0.3 is 10.1 Å². The fourth-order valence-electron chi connectivity index (χ4n) is 4.14. The Morgan fingerprint density at radius 2 is 1.94 bits per heavy atom. The number of benzene rings is 1. The summed E-state index contributed by atoms with van der Waals surface area (Å²) in [7, 11) is -7.28. The smallest absolute Gasteiger partial charge is 0.310 e. The Hall–Kier alpha value is -2.20. The number of hydrogen-bond donors (Lipinski definition) is 0. The van der Waals surface area contributed by atoms with E-state index < -0.39 is 25.7 Å². The van der Waals surface area contributed by atoms with Crippen molar-refractivity contribution in [1.29, 1.82) is 0 Å². The number of carbonyl (C=O) groups is 1. The minimum Gasteiger partial charge on any atom is -0.361 e.